The van der Waals surface area contributed by atoms with Gasteiger partial charge in [0.25, 0.3) is 0 Å². The van der Waals surface area contributed by atoms with Gasteiger partial charge in [0.05, 0.1) is 7.11 Å². The number of terminal acetylenes is 1. The SMILES string of the molecule is C#CCOc1c(CNCCC(C)C)cccc1OC.Cl. The molecule has 20 heavy (non-hydrogen) atoms. The van der Waals surface area contributed by atoms with Crippen molar-refractivity contribution < 1.29 is 9.47 Å². The number of para-hydroxylation sites is 1. The Morgan fingerprint density at radius 1 is 1.35 bits per heavy atom. The van der Waals surface area contributed by atoms with E-state index in [4.69, 9.17) is 15.9 Å². The largest absolute Gasteiger partial charge is 0.493 e. The molecule has 4 heteroatoms. The first-order valence-corrected chi connectivity index (χ1v) is 6.62. The third-order valence-electron chi connectivity index (χ3n) is 2.79. The van der Waals surface area contributed by atoms with Crippen molar-refractivity contribution in [2.24, 2.45) is 5.92 Å². The van der Waals surface area contributed by atoms with Crippen molar-refractivity contribution in [2.75, 3.05) is 20.3 Å². The third kappa shape index (κ3) is 6.18. The van der Waals surface area contributed by atoms with Gasteiger partial charge in [-0.1, -0.05) is 31.9 Å². The molecule has 0 bridgehead atoms. The minimum atomic E-state index is 0. The van der Waals surface area contributed by atoms with Gasteiger partial charge in [0, 0.05) is 12.1 Å². The van der Waals surface area contributed by atoms with Gasteiger partial charge in [-0.3, -0.25) is 0 Å². The van der Waals surface area contributed by atoms with Crippen molar-refractivity contribution in [3.05, 3.63) is 23.8 Å². The van der Waals surface area contributed by atoms with Crippen molar-refractivity contribution >= 4 is 12.4 Å². The maximum atomic E-state index is 5.59. The number of rotatable bonds is 8. The first-order chi connectivity index (χ1) is 9.19. The lowest BCUT2D eigenvalue weighted by Gasteiger charge is -2.14. The van der Waals surface area contributed by atoms with Crippen molar-refractivity contribution in [1.29, 1.82) is 0 Å². The van der Waals surface area contributed by atoms with Gasteiger partial charge in [-0.15, -0.1) is 18.8 Å². The summed E-state index contributed by atoms with van der Waals surface area (Å²) in [6.45, 7) is 6.43. The second kappa shape index (κ2) is 10.4. The Labute approximate surface area is 128 Å². The highest BCUT2D eigenvalue weighted by Crippen LogP contribution is 2.30. The van der Waals surface area contributed by atoms with Crippen molar-refractivity contribution in [3.8, 4) is 23.8 Å². The van der Waals surface area contributed by atoms with E-state index in [9.17, 15) is 0 Å². The molecule has 0 saturated carbocycles. The van der Waals surface area contributed by atoms with Crippen LogP contribution in [0.1, 0.15) is 25.8 Å². The van der Waals surface area contributed by atoms with Gasteiger partial charge in [0.1, 0.15) is 6.61 Å². The number of hydrogen-bond donors (Lipinski definition) is 1. The molecule has 0 atom stereocenters. The fourth-order valence-corrected chi connectivity index (χ4v) is 1.75. The van der Waals surface area contributed by atoms with E-state index >= 15 is 0 Å². The lowest BCUT2D eigenvalue weighted by molar-refractivity contribution is 0.326. The van der Waals surface area contributed by atoms with E-state index in [1.54, 1.807) is 7.11 Å². The van der Waals surface area contributed by atoms with Crippen LogP contribution < -0.4 is 14.8 Å². The average molecular weight is 298 g/mol. The minimum Gasteiger partial charge on any atom is -0.493 e. The molecule has 0 aliphatic carbocycles. The molecule has 0 aliphatic heterocycles. The van der Waals surface area contributed by atoms with Crippen molar-refractivity contribution in [1.82, 2.24) is 5.32 Å². The molecule has 1 aromatic carbocycles. The molecule has 0 aromatic heterocycles. The van der Waals surface area contributed by atoms with Crippen LogP contribution in [0.3, 0.4) is 0 Å². The van der Waals surface area contributed by atoms with Crippen LogP contribution in [-0.2, 0) is 6.54 Å². The summed E-state index contributed by atoms with van der Waals surface area (Å²) >= 11 is 0. The number of ether oxygens (including phenoxy) is 2. The molecular formula is C16H24ClNO2. The van der Waals surface area contributed by atoms with Crippen molar-refractivity contribution in [2.45, 2.75) is 26.8 Å². The van der Waals surface area contributed by atoms with E-state index in [2.05, 4.69) is 25.1 Å². The molecule has 0 radical (unpaired) electrons. The van der Waals surface area contributed by atoms with Crippen LogP contribution in [-0.4, -0.2) is 20.3 Å². The van der Waals surface area contributed by atoms with E-state index in [-0.39, 0.29) is 19.0 Å². The molecule has 0 aliphatic rings. The van der Waals surface area contributed by atoms with Gasteiger partial charge >= 0.3 is 0 Å². The van der Waals surface area contributed by atoms with Crippen LogP contribution in [0, 0.1) is 18.3 Å². The van der Waals surface area contributed by atoms with E-state index in [0.29, 0.717) is 5.92 Å². The van der Waals surface area contributed by atoms with Gasteiger partial charge in [0.2, 0.25) is 0 Å². The minimum absolute atomic E-state index is 0. The highest BCUT2D eigenvalue weighted by Gasteiger charge is 2.09. The Morgan fingerprint density at radius 3 is 2.70 bits per heavy atom. The van der Waals surface area contributed by atoms with E-state index in [0.717, 1.165) is 36.6 Å². The average Bonchev–Trinajstić information content (AvgIpc) is 2.41. The molecule has 0 unspecified atom stereocenters. The molecule has 0 amide bonds. The summed E-state index contributed by atoms with van der Waals surface area (Å²) in [6.07, 6.45) is 6.40. The molecule has 0 heterocycles. The van der Waals surface area contributed by atoms with Gasteiger partial charge < -0.3 is 14.8 Å². The maximum absolute atomic E-state index is 5.59. The number of methoxy groups -OCH3 is 1. The lowest BCUT2D eigenvalue weighted by atomic mass is 10.1. The van der Waals surface area contributed by atoms with Crippen LogP contribution in [0.2, 0.25) is 0 Å². The number of hydrogen-bond acceptors (Lipinski definition) is 3. The zero-order valence-corrected chi connectivity index (χ0v) is 13.3. The smallest absolute Gasteiger partial charge is 0.167 e. The van der Waals surface area contributed by atoms with E-state index in [1.807, 2.05) is 18.2 Å². The normalized spacial score (nSPS) is 9.75. The van der Waals surface area contributed by atoms with Crippen LogP contribution in [0.4, 0.5) is 0 Å². The second-order valence-electron chi connectivity index (χ2n) is 4.80. The Bertz CT molecular complexity index is 427. The van der Waals surface area contributed by atoms with Crippen molar-refractivity contribution in [3.63, 3.8) is 0 Å². The fraction of sp³-hybridized carbons (Fsp3) is 0.500. The summed E-state index contributed by atoms with van der Waals surface area (Å²) in [6, 6.07) is 5.86. The molecule has 0 spiro atoms. The molecular weight excluding hydrogens is 274 g/mol. The van der Waals surface area contributed by atoms with Crippen LogP contribution in [0.25, 0.3) is 0 Å². The molecule has 112 valence electrons. The highest BCUT2D eigenvalue weighted by molar-refractivity contribution is 5.85. The predicted molar refractivity (Wildman–Crippen MR) is 85.7 cm³/mol. The van der Waals surface area contributed by atoms with Gasteiger partial charge in [0.15, 0.2) is 11.5 Å². The lowest BCUT2D eigenvalue weighted by Crippen LogP contribution is -2.17. The topological polar surface area (TPSA) is 30.5 Å². The van der Waals surface area contributed by atoms with Crippen LogP contribution in [0.15, 0.2) is 18.2 Å². The molecule has 0 saturated heterocycles. The molecule has 3 nitrogen and oxygen atoms in total. The molecule has 1 N–H and O–H groups in total. The Balaban J connectivity index is 0.00000361. The summed E-state index contributed by atoms with van der Waals surface area (Å²) in [5.74, 6) is 4.64. The first-order valence-electron chi connectivity index (χ1n) is 6.62. The zero-order chi connectivity index (χ0) is 14.1. The van der Waals surface area contributed by atoms with Crippen LogP contribution >= 0.6 is 12.4 Å². The number of halogens is 1. The highest BCUT2D eigenvalue weighted by atomic mass is 35.5. The Kier molecular flexibility index (Phi) is 9.71. The summed E-state index contributed by atoms with van der Waals surface area (Å²) < 4.78 is 10.9. The second-order valence-corrected chi connectivity index (χ2v) is 4.80. The summed E-state index contributed by atoms with van der Waals surface area (Å²) in [5, 5.41) is 3.41. The third-order valence-corrected chi connectivity index (χ3v) is 2.79. The predicted octanol–water partition coefficient (Wildman–Crippen LogP) is 3.26. The van der Waals surface area contributed by atoms with Gasteiger partial charge in [-0.05, 0) is 24.9 Å². The Morgan fingerprint density at radius 2 is 2.10 bits per heavy atom. The quantitative estimate of drug-likeness (QED) is 0.590. The van der Waals surface area contributed by atoms with Gasteiger partial charge in [-0.25, -0.2) is 0 Å². The van der Waals surface area contributed by atoms with Gasteiger partial charge in [-0.2, -0.15) is 0 Å². The first kappa shape index (κ1) is 18.6. The summed E-state index contributed by atoms with van der Waals surface area (Å²) in [7, 11) is 1.63. The van der Waals surface area contributed by atoms with Crippen LogP contribution in [0.5, 0.6) is 11.5 Å². The summed E-state index contributed by atoms with van der Waals surface area (Å²) in [4.78, 5) is 0. The monoisotopic (exact) mass is 297 g/mol. The van der Waals surface area contributed by atoms with E-state index in [1.165, 1.54) is 0 Å². The number of benzene rings is 1. The molecule has 1 aromatic rings. The fourth-order valence-electron chi connectivity index (χ4n) is 1.75. The maximum Gasteiger partial charge on any atom is 0.167 e. The zero-order valence-electron chi connectivity index (χ0n) is 12.4. The Hall–Kier alpha value is -1.37. The summed E-state index contributed by atoms with van der Waals surface area (Å²) in [5.41, 5.74) is 1.07. The number of nitrogens with one attached hydrogen (secondary N) is 1. The standard InChI is InChI=1S/C16H23NO2.ClH/c1-5-11-19-16-14(7-6-8-15(16)18-4)12-17-10-9-13(2)3;/h1,6-8,13,17H,9-12H2,2-4H3;1H. The molecule has 0 fully saturated rings. The van der Waals surface area contributed by atoms with E-state index < -0.39 is 0 Å². The molecule has 1 rings (SSSR count).